The summed E-state index contributed by atoms with van der Waals surface area (Å²) in [6.45, 7) is 1.79. The molecule has 1 saturated heterocycles. The molecule has 0 spiro atoms. The van der Waals surface area contributed by atoms with Crippen LogP contribution in [0.1, 0.15) is 6.42 Å². The molecular weight excluding hydrogens is 200 g/mol. The standard InChI is InChI=1S/C10H13ClN2O/c1-12-4-3-9(6-10(12)14)13-5-2-8(11)7-13/h3-4,6,8H,2,5,7H2,1H3. The number of rotatable bonds is 1. The van der Waals surface area contributed by atoms with Gasteiger partial charge in [-0.3, -0.25) is 4.79 Å². The maximum absolute atomic E-state index is 11.4. The molecule has 0 aromatic carbocycles. The van der Waals surface area contributed by atoms with E-state index in [-0.39, 0.29) is 10.9 Å². The average molecular weight is 213 g/mol. The van der Waals surface area contributed by atoms with Crippen LogP contribution in [0.2, 0.25) is 0 Å². The molecule has 0 bridgehead atoms. The molecule has 0 radical (unpaired) electrons. The lowest BCUT2D eigenvalue weighted by Crippen LogP contribution is -2.23. The van der Waals surface area contributed by atoms with Crippen molar-refractivity contribution in [1.82, 2.24) is 4.57 Å². The van der Waals surface area contributed by atoms with Crippen LogP contribution in [-0.2, 0) is 7.05 Å². The quantitative estimate of drug-likeness (QED) is 0.654. The molecule has 1 unspecified atom stereocenters. The Bertz CT molecular complexity index is 388. The number of halogens is 1. The van der Waals surface area contributed by atoms with E-state index in [0.29, 0.717) is 0 Å². The SMILES string of the molecule is Cn1ccc(N2CCC(Cl)C2)cc1=O. The average Bonchev–Trinajstić information content (AvgIpc) is 2.57. The van der Waals surface area contributed by atoms with E-state index < -0.39 is 0 Å². The van der Waals surface area contributed by atoms with Crippen LogP contribution < -0.4 is 10.5 Å². The first-order valence-corrected chi connectivity index (χ1v) is 5.16. The van der Waals surface area contributed by atoms with Crippen molar-refractivity contribution >= 4 is 17.3 Å². The van der Waals surface area contributed by atoms with Gasteiger partial charge in [-0.25, -0.2) is 0 Å². The summed E-state index contributed by atoms with van der Waals surface area (Å²) in [6.07, 6.45) is 2.79. The van der Waals surface area contributed by atoms with Crippen LogP contribution >= 0.6 is 11.6 Å². The Kier molecular flexibility index (Phi) is 2.50. The first kappa shape index (κ1) is 9.59. The van der Waals surface area contributed by atoms with Crippen molar-refractivity contribution in [3.8, 4) is 0 Å². The van der Waals surface area contributed by atoms with Gasteiger partial charge < -0.3 is 9.47 Å². The van der Waals surface area contributed by atoms with E-state index in [2.05, 4.69) is 4.90 Å². The summed E-state index contributed by atoms with van der Waals surface area (Å²) in [4.78, 5) is 13.5. The van der Waals surface area contributed by atoms with E-state index in [1.807, 2.05) is 6.07 Å². The summed E-state index contributed by atoms with van der Waals surface area (Å²) < 4.78 is 1.57. The van der Waals surface area contributed by atoms with E-state index in [0.717, 1.165) is 25.2 Å². The number of pyridine rings is 1. The highest BCUT2D eigenvalue weighted by atomic mass is 35.5. The number of aryl methyl sites for hydroxylation is 1. The normalized spacial score (nSPS) is 21.6. The Morgan fingerprint density at radius 3 is 2.93 bits per heavy atom. The molecular formula is C10H13ClN2O. The zero-order valence-electron chi connectivity index (χ0n) is 8.11. The highest BCUT2D eigenvalue weighted by Crippen LogP contribution is 2.21. The second-order valence-electron chi connectivity index (χ2n) is 3.67. The molecule has 1 aliphatic rings. The van der Waals surface area contributed by atoms with Gasteiger partial charge in [0.15, 0.2) is 0 Å². The van der Waals surface area contributed by atoms with Crippen molar-refractivity contribution in [1.29, 1.82) is 0 Å². The zero-order chi connectivity index (χ0) is 10.1. The number of hydrogen-bond donors (Lipinski definition) is 0. The van der Waals surface area contributed by atoms with Crippen LogP contribution in [-0.4, -0.2) is 23.0 Å². The minimum absolute atomic E-state index is 0.0283. The van der Waals surface area contributed by atoms with Gasteiger partial charge in [-0.15, -0.1) is 11.6 Å². The van der Waals surface area contributed by atoms with E-state index in [9.17, 15) is 4.79 Å². The largest absolute Gasteiger partial charge is 0.370 e. The summed E-state index contributed by atoms with van der Waals surface area (Å²) in [7, 11) is 1.75. The fourth-order valence-electron chi connectivity index (χ4n) is 1.69. The minimum atomic E-state index is 0.0283. The summed E-state index contributed by atoms with van der Waals surface area (Å²) in [6, 6.07) is 3.62. The maximum atomic E-state index is 11.4. The fourth-order valence-corrected chi connectivity index (χ4v) is 1.95. The van der Waals surface area contributed by atoms with Crippen LogP contribution in [0, 0.1) is 0 Å². The van der Waals surface area contributed by atoms with Crippen molar-refractivity contribution < 1.29 is 0 Å². The third kappa shape index (κ3) is 1.77. The molecule has 4 heteroatoms. The molecule has 2 rings (SSSR count). The summed E-state index contributed by atoms with van der Waals surface area (Å²) >= 11 is 6.00. The highest BCUT2D eigenvalue weighted by molar-refractivity contribution is 6.21. The number of anilines is 1. The van der Waals surface area contributed by atoms with Crippen molar-refractivity contribution in [2.75, 3.05) is 18.0 Å². The summed E-state index contributed by atoms with van der Waals surface area (Å²) in [5, 5.41) is 0.221. The summed E-state index contributed by atoms with van der Waals surface area (Å²) in [5.74, 6) is 0. The minimum Gasteiger partial charge on any atom is -0.370 e. The predicted octanol–water partition coefficient (Wildman–Crippen LogP) is 1.20. The third-order valence-corrected chi connectivity index (χ3v) is 2.94. The van der Waals surface area contributed by atoms with Crippen LogP contribution in [0.3, 0.4) is 0 Å². The van der Waals surface area contributed by atoms with Gasteiger partial charge in [0.1, 0.15) is 0 Å². The highest BCUT2D eigenvalue weighted by Gasteiger charge is 2.20. The molecule has 14 heavy (non-hydrogen) atoms. The third-order valence-electron chi connectivity index (χ3n) is 2.58. The van der Waals surface area contributed by atoms with E-state index >= 15 is 0 Å². The zero-order valence-corrected chi connectivity index (χ0v) is 8.87. The van der Waals surface area contributed by atoms with Crippen LogP contribution in [0.4, 0.5) is 5.69 Å². The lowest BCUT2D eigenvalue weighted by Gasteiger charge is -2.17. The van der Waals surface area contributed by atoms with Crippen molar-refractivity contribution in [2.45, 2.75) is 11.8 Å². The Hall–Kier alpha value is -0.960. The molecule has 0 saturated carbocycles. The number of alkyl halides is 1. The van der Waals surface area contributed by atoms with E-state index in [1.165, 1.54) is 0 Å². The lowest BCUT2D eigenvalue weighted by molar-refractivity contribution is 0.851. The molecule has 1 atom stereocenters. The maximum Gasteiger partial charge on any atom is 0.252 e. The monoisotopic (exact) mass is 212 g/mol. The first-order chi connectivity index (χ1) is 6.66. The summed E-state index contributed by atoms with van der Waals surface area (Å²) in [5.41, 5.74) is 1.01. The van der Waals surface area contributed by atoms with Gasteiger partial charge in [-0.05, 0) is 12.5 Å². The van der Waals surface area contributed by atoms with Crippen LogP contribution in [0.5, 0.6) is 0 Å². The van der Waals surface area contributed by atoms with E-state index in [4.69, 9.17) is 11.6 Å². The van der Waals surface area contributed by atoms with Crippen molar-refractivity contribution in [2.24, 2.45) is 7.05 Å². The molecule has 0 N–H and O–H groups in total. The second-order valence-corrected chi connectivity index (χ2v) is 4.28. The number of hydrogen-bond acceptors (Lipinski definition) is 2. The fraction of sp³-hybridized carbons (Fsp3) is 0.500. The number of nitrogens with zero attached hydrogens (tertiary/aromatic N) is 2. The molecule has 0 aliphatic carbocycles. The van der Waals surface area contributed by atoms with Crippen LogP contribution in [0.25, 0.3) is 0 Å². The van der Waals surface area contributed by atoms with Gasteiger partial charge in [0, 0.05) is 38.1 Å². The van der Waals surface area contributed by atoms with Crippen molar-refractivity contribution in [3.05, 3.63) is 28.7 Å². The molecule has 1 aromatic heterocycles. The van der Waals surface area contributed by atoms with Gasteiger partial charge in [-0.2, -0.15) is 0 Å². The molecule has 0 amide bonds. The Labute approximate surface area is 87.9 Å². The van der Waals surface area contributed by atoms with Gasteiger partial charge in [0.2, 0.25) is 0 Å². The van der Waals surface area contributed by atoms with E-state index in [1.54, 1.807) is 23.9 Å². The van der Waals surface area contributed by atoms with Crippen LogP contribution in [0.15, 0.2) is 23.1 Å². The molecule has 3 nitrogen and oxygen atoms in total. The molecule has 2 heterocycles. The molecule has 1 fully saturated rings. The molecule has 76 valence electrons. The Balaban J connectivity index is 2.25. The van der Waals surface area contributed by atoms with Gasteiger partial charge >= 0.3 is 0 Å². The van der Waals surface area contributed by atoms with Crippen molar-refractivity contribution in [3.63, 3.8) is 0 Å². The Morgan fingerprint density at radius 2 is 2.36 bits per heavy atom. The van der Waals surface area contributed by atoms with Gasteiger partial charge in [0.05, 0.1) is 5.38 Å². The molecule has 1 aliphatic heterocycles. The lowest BCUT2D eigenvalue weighted by atomic mass is 10.3. The number of aromatic nitrogens is 1. The molecule has 1 aromatic rings. The predicted molar refractivity (Wildman–Crippen MR) is 58.2 cm³/mol. The smallest absolute Gasteiger partial charge is 0.252 e. The first-order valence-electron chi connectivity index (χ1n) is 4.72. The second kappa shape index (κ2) is 3.65. The Morgan fingerprint density at radius 1 is 1.57 bits per heavy atom. The van der Waals surface area contributed by atoms with Gasteiger partial charge in [0.25, 0.3) is 5.56 Å². The van der Waals surface area contributed by atoms with Gasteiger partial charge in [-0.1, -0.05) is 0 Å². The topological polar surface area (TPSA) is 25.2 Å².